The normalized spacial score (nSPS) is 18.2. The lowest BCUT2D eigenvalue weighted by atomic mass is 9.97. The van der Waals surface area contributed by atoms with Crippen molar-refractivity contribution in [2.75, 3.05) is 24.1 Å². The van der Waals surface area contributed by atoms with Gasteiger partial charge in [0, 0.05) is 18.8 Å². The first-order valence-electron chi connectivity index (χ1n) is 7.99. The Labute approximate surface area is 141 Å². The van der Waals surface area contributed by atoms with Crippen molar-refractivity contribution in [2.45, 2.75) is 39.2 Å². The molecule has 24 heavy (non-hydrogen) atoms. The van der Waals surface area contributed by atoms with E-state index in [4.69, 9.17) is 10.5 Å². The van der Waals surface area contributed by atoms with E-state index in [0.29, 0.717) is 25.1 Å². The number of nitrogens with one attached hydrogen (secondary N) is 1. The average Bonchev–Trinajstić information content (AvgIpc) is 2.48. The lowest BCUT2D eigenvalue weighted by molar-refractivity contribution is -0.121. The van der Waals surface area contributed by atoms with Gasteiger partial charge in [-0.1, -0.05) is 0 Å². The van der Waals surface area contributed by atoms with E-state index in [1.807, 2.05) is 0 Å². The maximum absolute atomic E-state index is 13.8. The molecule has 1 atom stereocenters. The molecule has 1 saturated heterocycles. The number of carbonyl (C=O) groups excluding carboxylic acids is 2. The van der Waals surface area contributed by atoms with E-state index in [-0.39, 0.29) is 18.1 Å². The maximum Gasteiger partial charge on any atom is 0.410 e. The highest BCUT2D eigenvalue weighted by molar-refractivity contribution is 5.93. The summed E-state index contributed by atoms with van der Waals surface area (Å²) in [5.41, 5.74) is 5.29. The minimum Gasteiger partial charge on any atom is -0.444 e. The van der Waals surface area contributed by atoms with Crippen LogP contribution in [0.1, 0.15) is 33.6 Å². The highest BCUT2D eigenvalue weighted by Crippen LogP contribution is 2.22. The van der Waals surface area contributed by atoms with Crippen LogP contribution in [0, 0.1) is 11.7 Å². The Morgan fingerprint density at radius 3 is 2.71 bits per heavy atom. The van der Waals surface area contributed by atoms with Crippen molar-refractivity contribution in [3.63, 3.8) is 0 Å². The number of carbonyl (C=O) groups is 2. The summed E-state index contributed by atoms with van der Waals surface area (Å²) < 4.78 is 19.1. The number of nitrogens with zero attached hydrogens (tertiary/aromatic N) is 1. The summed E-state index contributed by atoms with van der Waals surface area (Å²) in [7, 11) is 0. The van der Waals surface area contributed by atoms with Gasteiger partial charge in [0.15, 0.2) is 0 Å². The Morgan fingerprint density at radius 2 is 2.08 bits per heavy atom. The van der Waals surface area contributed by atoms with Crippen molar-refractivity contribution in [3.05, 3.63) is 24.0 Å². The largest absolute Gasteiger partial charge is 0.444 e. The molecular formula is C17H24FN3O3. The van der Waals surface area contributed by atoms with Crippen molar-refractivity contribution in [2.24, 2.45) is 5.92 Å². The summed E-state index contributed by atoms with van der Waals surface area (Å²) in [5, 5.41) is 2.57. The first-order valence-corrected chi connectivity index (χ1v) is 7.99. The van der Waals surface area contributed by atoms with Gasteiger partial charge in [-0.3, -0.25) is 4.79 Å². The minimum atomic E-state index is -0.584. The lowest BCUT2D eigenvalue weighted by Gasteiger charge is -2.33. The molecular weight excluding hydrogens is 313 g/mol. The number of halogens is 1. The second kappa shape index (κ2) is 7.07. The Morgan fingerprint density at radius 1 is 1.38 bits per heavy atom. The van der Waals surface area contributed by atoms with Gasteiger partial charge in [0.1, 0.15) is 11.4 Å². The number of benzene rings is 1. The van der Waals surface area contributed by atoms with Gasteiger partial charge in [0.05, 0.1) is 11.6 Å². The van der Waals surface area contributed by atoms with Gasteiger partial charge in [0.25, 0.3) is 0 Å². The molecule has 0 aromatic heterocycles. The zero-order valence-electron chi connectivity index (χ0n) is 14.3. The standard InChI is InChI=1S/C17H24FN3O3/c1-17(2,3)24-16(23)21-8-4-5-11(10-21)15(22)20-14-7-6-12(19)9-13(14)18/h6-7,9,11H,4-5,8,10,19H2,1-3H3,(H,20,22). The number of ether oxygens (including phenoxy) is 1. The molecule has 132 valence electrons. The van der Waals surface area contributed by atoms with E-state index in [9.17, 15) is 14.0 Å². The second-order valence-corrected chi connectivity index (χ2v) is 6.99. The highest BCUT2D eigenvalue weighted by atomic mass is 19.1. The number of nitrogen functional groups attached to an aromatic ring is 1. The third kappa shape index (κ3) is 4.84. The smallest absolute Gasteiger partial charge is 0.410 e. The maximum atomic E-state index is 13.8. The van der Waals surface area contributed by atoms with Crippen molar-refractivity contribution in [1.29, 1.82) is 0 Å². The zero-order valence-corrected chi connectivity index (χ0v) is 14.3. The fourth-order valence-electron chi connectivity index (χ4n) is 2.55. The Bertz CT molecular complexity index is 628. The Hall–Kier alpha value is -2.31. The highest BCUT2D eigenvalue weighted by Gasteiger charge is 2.31. The van der Waals surface area contributed by atoms with E-state index >= 15 is 0 Å². The molecule has 0 bridgehead atoms. The number of piperidine rings is 1. The van der Waals surface area contributed by atoms with Gasteiger partial charge in [-0.15, -0.1) is 0 Å². The van der Waals surface area contributed by atoms with Crippen molar-refractivity contribution in [3.8, 4) is 0 Å². The summed E-state index contributed by atoms with van der Waals surface area (Å²) >= 11 is 0. The van der Waals surface area contributed by atoms with Crippen molar-refractivity contribution < 1.29 is 18.7 Å². The topological polar surface area (TPSA) is 84.7 Å². The predicted octanol–water partition coefficient (Wildman–Crippen LogP) is 2.99. The molecule has 6 nitrogen and oxygen atoms in total. The summed E-state index contributed by atoms with van der Waals surface area (Å²) in [6, 6.07) is 4.10. The number of anilines is 2. The summed E-state index contributed by atoms with van der Waals surface area (Å²) in [6.45, 7) is 6.20. The SMILES string of the molecule is CC(C)(C)OC(=O)N1CCCC(C(=O)Nc2ccc(N)cc2F)C1. The number of hydrogen-bond acceptors (Lipinski definition) is 4. The summed E-state index contributed by atoms with van der Waals surface area (Å²) in [5.74, 6) is -1.29. The molecule has 3 N–H and O–H groups in total. The molecule has 1 aromatic carbocycles. The van der Waals surface area contributed by atoms with Crippen LogP contribution in [0.5, 0.6) is 0 Å². The van der Waals surface area contributed by atoms with Crippen LogP contribution in [0.4, 0.5) is 20.6 Å². The van der Waals surface area contributed by atoms with Crippen molar-refractivity contribution >= 4 is 23.4 Å². The van der Waals surface area contributed by atoms with Gasteiger partial charge >= 0.3 is 6.09 Å². The first-order chi connectivity index (χ1) is 11.2. The molecule has 1 aliphatic heterocycles. The molecule has 0 saturated carbocycles. The van der Waals surface area contributed by atoms with Crippen molar-refractivity contribution in [1.82, 2.24) is 4.90 Å². The minimum absolute atomic E-state index is 0.0867. The first kappa shape index (κ1) is 18.0. The molecule has 1 unspecified atom stereocenters. The third-order valence-corrected chi connectivity index (χ3v) is 3.69. The number of nitrogens with two attached hydrogens (primary N) is 1. The molecule has 7 heteroatoms. The van der Waals surface area contributed by atoms with Crippen LogP contribution in [0.3, 0.4) is 0 Å². The zero-order chi connectivity index (χ0) is 17.9. The molecule has 1 heterocycles. The van der Waals surface area contributed by atoms with E-state index in [0.717, 1.165) is 6.07 Å². The Kier molecular flexibility index (Phi) is 5.31. The van der Waals surface area contributed by atoms with E-state index < -0.39 is 23.4 Å². The quantitative estimate of drug-likeness (QED) is 0.813. The van der Waals surface area contributed by atoms with Gasteiger partial charge in [-0.05, 0) is 51.8 Å². The summed E-state index contributed by atoms with van der Waals surface area (Å²) in [4.78, 5) is 26.0. The number of hydrogen-bond donors (Lipinski definition) is 2. The van der Waals surface area contributed by atoms with Gasteiger partial charge < -0.3 is 20.7 Å². The van der Waals surface area contributed by atoms with Crippen LogP contribution in [0.25, 0.3) is 0 Å². The molecule has 0 spiro atoms. The molecule has 1 aliphatic rings. The molecule has 2 rings (SSSR count). The van der Waals surface area contributed by atoms with Crippen LogP contribution in [-0.2, 0) is 9.53 Å². The monoisotopic (exact) mass is 337 g/mol. The third-order valence-electron chi connectivity index (χ3n) is 3.69. The molecule has 0 radical (unpaired) electrons. The molecule has 1 fully saturated rings. The van der Waals surface area contributed by atoms with Gasteiger partial charge in [-0.25, -0.2) is 9.18 Å². The van der Waals surface area contributed by atoms with Crippen LogP contribution in [0.15, 0.2) is 18.2 Å². The van der Waals surface area contributed by atoms with E-state index in [2.05, 4.69) is 5.32 Å². The molecule has 2 amide bonds. The number of likely N-dealkylation sites (tertiary alicyclic amines) is 1. The van der Waals surface area contributed by atoms with E-state index in [1.54, 1.807) is 20.8 Å². The van der Waals surface area contributed by atoms with Crippen LogP contribution in [0.2, 0.25) is 0 Å². The summed E-state index contributed by atoms with van der Waals surface area (Å²) in [6.07, 6.45) is 0.905. The molecule has 0 aliphatic carbocycles. The fraction of sp³-hybridized carbons (Fsp3) is 0.529. The molecule has 1 aromatic rings. The van der Waals surface area contributed by atoms with Gasteiger partial charge in [-0.2, -0.15) is 0 Å². The lowest BCUT2D eigenvalue weighted by Crippen LogP contribution is -2.45. The van der Waals surface area contributed by atoms with E-state index in [1.165, 1.54) is 17.0 Å². The number of rotatable bonds is 2. The average molecular weight is 337 g/mol. The predicted molar refractivity (Wildman–Crippen MR) is 90.0 cm³/mol. The van der Waals surface area contributed by atoms with Crippen LogP contribution in [-0.4, -0.2) is 35.6 Å². The second-order valence-electron chi connectivity index (χ2n) is 6.99. The van der Waals surface area contributed by atoms with Crippen LogP contribution >= 0.6 is 0 Å². The number of amides is 2. The fourth-order valence-corrected chi connectivity index (χ4v) is 2.55. The Balaban J connectivity index is 1.98. The van der Waals surface area contributed by atoms with Gasteiger partial charge in [0.2, 0.25) is 5.91 Å². The van der Waals surface area contributed by atoms with Crippen LogP contribution < -0.4 is 11.1 Å².